The molecule has 0 spiro atoms. The van der Waals surface area contributed by atoms with Gasteiger partial charge in [0.1, 0.15) is 0 Å². The van der Waals surface area contributed by atoms with Gasteiger partial charge in [0.15, 0.2) is 0 Å². The van der Waals surface area contributed by atoms with Crippen LogP contribution in [0.2, 0.25) is 10.0 Å². The highest BCUT2D eigenvalue weighted by Gasteiger charge is 2.30. The minimum absolute atomic E-state index is 0.0600. The number of nitrogens with zero attached hydrogens (tertiary/aromatic N) is 5. The average Bonchev–Trinajstić information content (AvgIpc) is 3.37. The Bertz CT molecular complexity index is 1260. The molecule has 0 aliphatic carbocycles. The van der Waals surface area contributed by atoms with Crippen LogP contribution >= 0.6 is 23.2 Å². The van der Waals surface area contributed by atoms with Gasteiger partial charge in [-0.1, -0.05) is 29.3 Å². The largest absolute Gasteiger partial charge is 0.416 e. The highest BCUT2D eigenvalue weighted by molar-refractivity contribution is 6.35. The lowest BCUT2D eigenvalue weighted by atomic mass is 10.1. The van der Waals surface area contributed by atoms with Crippen molar-refractivity contribution in [2.75, 3.05) is 38.5 Å². The zero-order valence-corrected chi connectivity index (χ0v) is 21.9. The van der Waals surface area contributed by atoms with Crippen LogP contribution in [0, 0.1) is 0 Å². The molecule has 38 heavy (non-hydrogen) atoms. The minimum atomic E-state index is -4.47. The summed E-state index contributed by atoms with van der Waals surface area (Å²) in [6.07, 6.45) is 0.545. The lowest BCUT2D eigenvalue weighted by Gasteiger charge is -2.32. The molecule has 8 nitrogen and oxygen atoms in total. The van der Waals surface area contributed by atoms with Crippen LogP contribution < -0.4 is 10.6 Å². The van der Waals surface area contributed by atoms with Crippen LogP contribution in [0.5, 0.6) is 0 Å². The van der Waals surface area contributed by atoms with Crippen molar-refractivity contribution >= 4 is 40.9 Å². The molecule has 2 aromatic carbocycles. The number of hydrogen-bond donors (Lipinski definition) is 2. The fourth-order valence-corrected chi connectivity index (χ4v) is 4.43. The molecule has 4 rings (SSSR count). The van der Waals surface area contributed by atoms with E-state index in [-0.39, 0.29) is 12.0 Å². The van der Waals surface area contributed by atoms with Crippen LogP contribution in [-0.4, -0.2) is 64.6 Å². The maximum Gasteiger partial charge on any atom is 0.416 e. The summed E-state index contributed by atoms with van der Waals surface area (Å²) in [6.45, 7) is 2.81. The Balaban J connectivity index is 1.67. The first-order chi connectivity index (χ1) is 18.1. The standard InChI is InChI=1S/C25H26Cl2F3N7O/c1-35-10-12-37(13-11-35)24(38)34-23(32-19-5-2-17(3-6-19)25(28,29)30)33-22(15-36-9-8-31-16-36)20-7-4-18(26)14-21(20)27/h2-9,14,16,22H,10-13,15H2,1H3,(H2,32,33,34,38). The summed E-state index contributed by atoms with van der Waals surface area (Å²) in [7, 11) is 1.98. The fraction of sp³-hybridized carbons (Fsp3) is 0.320. The van der Waals surface area contributed by atoms with Crippen LogP contribution in [0.15, 0.2) is 66.2 Å². The molecule has 1 unspecified atom stereocenters. The van der Waals surface area contributed by atoms with Crippen LogP contribution in [0.4, 0.5) is 23.7 Å². The van der Waals surface area contributed by atoms with Crippen molar-refractivity contribution < 1.29 is 18.0 Å². The number of anilines is 1. The molecular weight excluding hydrogens is 542 g/mol. The third-order valence-electron chi connectivity index (χ3n) is 6.04. The summed E-state index contributed by atoms with van der Waals surface area (Å²) in [4.78, 5) is 25.7. The molecule has 1 aliphatic rings. The summed E-state index contributed by atoms with van der Waals surface area (Å²) in [5.41, 5.74) is 0.179. The maximum atomic E-state index is 13.1. The van der Waals surface area contributed by atoms with Gasteiger partial charge >= 0.3 is 12.2 Å². The topological polar surface area (TPSA) is 77.8 Å². The predicted molar refractivity (Wildman–Crippen MR) is 142 cm³/mol. The second-order valence-corrected chi connectivity index (χ2v) is 9.68. The zero-order valence-electron chi connectivity index (χ0n) is 20.4. The molecular formula is C25H26Cl2F3N7O. The Kier molecular flexibility index (Phi) is 8.80. The van der Waals surface area contributed by atoms with Gasteiger partial charge in [-0.2, -0.15) is 13.2 Å². The molecule has 0 radical (unpaired) electrons. The van der Waals surface area contributed by atoms with Crippen molar-refractivity contribution in [3.05, 3.63) is 82.4 Å². The summed E-state index contributed by atoms with van der Waals surface area (Å²) in [6, 6.07) is 8.53. The number of carbonyl (C=O) groups is 1. The van der Waals surface area contributed by atoms with Crippen LogP contribution in [0.1, 0.15) is 17.2 Å². The summed E-state index contributed by atoms with van der Waals surface area (Å²) < 4.78 is 41.0. The van der Waals surface area contributed by atoms with E-state index in [1.54, 1.807) is 46.4 Å². The normalized spacial score (nSPS) is 15.8. The first kappa shape index (κ1) is 27.7. The Hall–Kier alpha value is -3.28. The molecule has 2 amide bonds. The number of guanidine groups is 1. The summed E-state index contributed by atoms with van der Waals surface area (Å²) >= 11 is 12.6. The van der Waals surface area contributed by atoms with E-state index in [2.05, 4.69) is 20.5 Å². The minimum Gasteiger partial charge on any atom is -0.335 e. The van der Waals surface area contributed by atoms with Gasteiger partial charge in [0.25, 0.3) is 0 Å². The first-order valence-electron chi connectivity index (χ1n) is 11.8. The smallest absolute Gasteiger partial charge is 0.335 e. The van der Waals surface area contributed by atoms with Crippen LogP contribution in [-0.2, 0) is 12.7 Å². The third-order valence-corrected chi connectivity index (χ3v) is 6.60. The number of rotatable bonds is 5. The van der Waals surface area contributed by atoms with E-state index in [4.69, 9.17) is 28.2 Å². The second kappa shape index (κ2) is 12.1. The van der Waals surface area contributed by atoms with Gasteiger partial charge in [-0.15, -0.1) is 0 Å². The quantitative estimate of drug-likeness (QED) is 0.321. The van der Waals surface area contributed by atoms with Gasteiger partial charge < -0.3 is 19.7 Å². The second-order valence-electron chi connectivity index (χ2n) is 8.84. The number of urea groups is 1. The maximum absolute atomic E-state index is 13.1. The van der Waals surface area contributed by atoms with E-state index in [9.17, 15) is 18.0 Å². The van der Waals surface area contributed by atoms with Gasteiger partial charge in [-0.3, -0.25) is 5.32 Å². The van der Waals surface area contributed by atoms with Gasteiger partial charge in [-0.25, -0.2) is 14.8 Å². The Morgan fingerprint density at radius 2 is 1.82 bits per heavy atom. The average molecular weight is 568 g/mol. The lowest BCUT2D eigenvalue weighted by molar-refractivity contribution is -0.137. The van der Waals surface area contributed by atoms with Crippen molar-refractivity contribution in [3.63, 3.8) is 0 Å². The number of likely N-dealkylation sites (N-methyl/N-ethyl adjacent to an activating group) is 1. The number of alkyl halides is 3. The van der Waals surface area contributed by atoms with Crippen molar-refractivity contribution in [3.8, 4) is 0 Å². The highest BCUT2D eigenvalue weighted by atomic mass is 35.5. The number of piperazine rings is 1. The number of benzene rings is 2. The van der Waals surface area contributed by atoms with Gasteiger partial charge in [0, 0.05) is 54.3 Å². The molecule has 0 bridgehead atoms. The molecule has 0 saturated carbocycles. The predicted octanol–water partition coefficient (Wildman–Crippen LogP) is 5.38. The number of halogens is 5. The van der Waals surface area contributed by atoms with E-state index in [1.165, 1.54) is 12.1 Å². The summed E-state index contributed by atoms with van der Waals surface area (Å²) in [5.74, 6) is 0.0600. The molecule has 13 heteroatoms. The molecule has 1 fully saturated rings. The molecule has 1 aliphatic heterocycles. The zero-order chi connectivity index (χ0) is 27.3. The Morgan fingerprint density at radius 3 is 2.42 bits per heavy atom. The number of carbonyl (C=O) groups excluding carboxylic acids is 1. The fourth-order valence-electron chi connectivity index (χ4n) is 3.90. The number of nitrogens with one attached hydrogen (secondary N) is 2. The SMILES string of the molecule is CN1CCN(C(=O)NC(=NC(Cn2ccnc2)c2ccc(Cl)cc2Cl)Nc2ccc(C(F)(F)F)cc2)CC1. The molecule has 2 heterocycles. The van der Waals surface area contributed by atoms with Crippen LogP contribution in [0.25, 0.3) is 0 Å². The number of aliphatic imine (C=N–C) groups is 1. The molecule has 1 aromatic heterocycles. The third kappa shape index (κ3) is 7.40. The molecule has 3 aromatic rings. The van der Waals surface area contributed by atoms with Crippen molar-refractivity contribution in [1.29, 1.82) is 0 Å². The van der Waals surface area contributed by atoms with E-state index in [0.717, 1.165) is 25.2 Å². The number of aromatic nitrogens is 2. The lowest BCUT2D eigenvalue weighted by Crippen LogP contribution is -2.52. The highest BCUT2D eigenvalue weighted by Crippen LogP contribution is 2.31. The monoisotopic (exact) mass is 567 g/mol. The first-order valence-corrected chi connectivity index (χ1v) is 12.5. The van der Waals surface area contributed by atoms with E-state index >= 15 is 0 Å². The van der Waals surface area contributed by atoms with Crippen molar-refractivity contribution in [2.24, 2.45) is 4.99 Å². The van der Waals surface area contributed by atoms with Gasteiger partial charge in [0.2, 0.25) is 5.96 Å². The number of imidazole rings is 1. The van der Waals surface area contributed by atoms with Crippen molar-refractivity contribution in [1.82, 2.24) is 24.7 Å². The van der Waals surface area contributed by atoms with E-state index in [1.807, 2.05) is 7.05 Å². The molecule has 202 valence electrons. The number of amides is 2. The van der Waals surface area contributed by atoms with E-state index in [0.29, 0.717) is 40.9 Å². The molecule has 1 saturated heterocycles. The van der Waals surface area contributed by atoms with Crippen molar-refractivity contribution in [2.45, 2.75) is 18.8 Å². The number of hydrogen-bond acceptors (Lipinski definition) is 4. The Morgan fingerprint density at radius 1 is 1.11 bits per heavy atom. The van der Waals surface area contributed by atoms with Crippen LogP contribution in [0.3, 0.4) is 0 Å². The van der Waals surface area contributed by atoms with E-state index < -0.39 is 17.8 Å². The molecule has 1 atom stereocenters. The van der Waals surface area contributed by atoms with Gasteiger partial charge in [-0.05, 0) is 49.0 Å². The summed E-state index contributed by atoms with van der Waals surface area (Å²) in [5, 5.41) is 6.60. The van der Waals surface area contributed by atoms with Gasteiger partial charge in [0.05, 0.1) is 24.5 Å². The Labute approximate surface area is 228 Å². The molecule has 2 N–H and O–H groups in total.